The van der Waals surface area contributed by atoms with Gasteiger partial charge < -0.3 is 5.11 Å². The van der Waals surface area contributed by atoms with Crippen molar-refractivity contribution in [3.8, 4) is 0 Å². The second-order valence-corrected chi connectivity index (χ2v) is 2.81. The minimum atomic E-state index is -0.953. The highest BCUT2D eigenvalue weighted by Gasteiger charge is 2.23. The molecule has 0 bridgehead atoms. The molecule has 0 rings (SSSR count). The standard InChI is InChI=1S/C7H13NO4/c1-3-6(7(9)10)4-5(2)8(11)12/h5-6H,3-4H2,1-2H3,(H,9,10). The Morgan fingerprint density at radius 3 is 2.42 bits per heavy atom. The molecule has 0 aromatic heterocycles. The number of hydrogen-bond donors (Lipinski definition) is 1. The molecule has 0 radical (unpaired) electrons. The molecule has 0 saturated carbocycles. The van der Waals surface area contributed by atoms with Crippen LogP contribution in [0.5, 0.6) is 0 Å². The molecule has 2 unspecified atom stereocenters. The van der Waals surface area contributed by atoms with Crippen LogP contribution in [0.3, 0.4) is 0 Å². The molecule has 0 saturated heterocycles. The van der Waals surface area contributed by atoms with Crippen LogP contribution in [0.2, 0.25) is 0 Å². The molecule has 1 N–H and O–H groups in total. The van der Waals surface area contributed by atoms with Gasteiger partial charge in [-0.1, -0.05) is 6.92 Å². The van der Waals surface area contributed by atoms with Crippen molar-refractivity contribution in [2.75, 3.05) is 0 Å². The summed E-state index contributed by atoms with van der Waals surface area (Å²) in [6, 6.07) is -0.772. The number of rotatable bonds is 5. The Balaban J connectivity index is 4.02. The third-order valence-corrected chi connectivity index (χ3v) is 1.83. The third kappa shape index (κ3) is 3.32. The summed E-state index contributed by atoms with van der Waals surface area (Å²) in [7, 11) is 0. The quantitative estimate of drug-likeness (QED) is 0.502. The van der Waals surface area contributed by atoms with Gasteiger partial charge in [-0.25, -0.2) is 0 Å². The summed E-state index contributed by atoms with van der Waals surface area (Å²) in [6.07, 6.45) is 0.548. The van der Waals surface area contributed by atoms with E-state index in [1.807, 2.05) is 0 Å². The first-order valence-electron chi connectivity index (χ1n) is 3.85. The van der Waals surface area contributed by atoms with Crippen LogP contribution in [-0.2, 0) is 4.79 Å². The SMILES string of the molecule is CCC(CC(C)[N+](=O)[O-])C(=O)O. The van der Waals surface area contributed by atoms with Gasteiger partial charge in [-0.3, -0.25) is 14.9 Å². The lowest BCUT2D eigenvalue weighted by Gasteiger charge is -2.09. The summed E-state index contributed by atoms with van der Waals surface area (Å²) in [5, 5.41) is 18.8. The van der Waals surface area contributed by atoms with Gasteiger partial charge in [-0.2, -0.15) is 0 Å². The molecule has 0 fully saturated rings. The van der Waals surface area contributed by atoms with Crippen molar-refractivity contribution in [3.63, 3.8) is 0 Å². The van der Waals surface area contributed by atoms with Gasteiger partial charge in [0.05, 0.1) is 5.92 Å². The van der Waals surface area contributed by atoms with Crippen molar-refractivity contribution < 1.29 is 14.8 Å². The Morgan fingerprint density at radius 2 is 2.17 bits per heavy atom. The van der Waals surface area contributed by atoms with E-state index in [1.165, 1.54) is 6.92 Å². The Hall–Kier alpha value is -1.13. The topological polar surface area (TPSA) is 80.4 Å². The normalized spacial score (nSPS) is 15.2. The van der Waals surface area contributed by atoms with E-state index >= 15 is 0 Å². The number of carboxylic acid groups (broad SMARTS) is 1. The molecule has 0 aliphatic carbocycles. The lowest BCUT2D eigenvalue weighted by molar-refractivity contribution is -0.519. The zero-order valence-electron chi connectivity index (χ0n) is 7.19. The van der Waals surface area contributed by atoms with Crippen LogP contribution < -0.4 is 0 Å². The third-order valence-electron chi connectivity index (χ3n) is 1.83. The zero-order chi connectivity index (χ0) is 9.72. The van der Waals surface area contributed by atoms with Gasteiger partial charge in [-0.15, -0.1) is 0 Å². The van der Waals surface area contributed by atoms with Crippen molar-refractivity contribution in [2.24, 2.45) is 5.92 Å². The fourth-order valence-corrected chi connectivity index (χ4v) is 0.940. The van der Waals surface area contributed by atoms with Crippen molar-refractivity contribution in [1.29, 1.82) is 0 Å². The van der Waals surface area contributed by atoms with Crippen molar-refractivity contribution in [3.05, 3.63) is 10.1 Å². The van der Waals surface area contributed by atoms with E-state index in [4.69, 9.17) is 5.11 Å². The molecule has 12 heavy (non-hydrogen) atoms. The fourth-order valence-electron chi connectivity index (χ4n) is 0.940. The largest absolute Gasteiger partial charge is 0.481 e. The van der Waals surface area contributed by atoms with Crippen LogP contribution >= 0.6 is 0 Å². The molecule has 0 heterocycles. The molecule has 2 atom stereocenters. The van der Waals surface area contributed by atoms with E-state index in [2.05, 4.69) is 0 Å². The van der Waals surface area contributed by atoms with Crippen molar-refractivity contribution in [1.82, 2.24) is 0 Å². The molecule has 0 aromatic carbocycles. The van der Waals surface area contributed by atoms with Crippen LogP contribution in [0.1, 0.15) is 26.7 Å². The Labute approximate surface area is 70.5 Å². The van der Waals surface area contributed by atoms with Gasteiger partial charge in [0.2, 0.25) is 6.04 Å². The molecule has 0 aliphatic rings. The number of nitro groups is 1. The molecule has 70 valence electrons. The summed E-state index contributed by atoms with van der Waals surface area (Å²) < 4.78 is 0. The van der Waals surface area contributed by atoms with E-state index in [0.717, 1.165) is 0 Å². The second-order valence-electron chi connectivity index (χ2n) is 2.81. The van der Waals surface area contributed by atoms with Crippen molar-refractivity contribution >= 4 is 5.97 Å². The van der Waals surface area contributed by atoms with E-state index in [1.54, 1.807) is 6.92 Å². The van der Waals surface area contributed by atoms with E-state index in [9.17, 15) is 14.9 Å². The first-order chi connectivity index (χ1) is 5.49. The van der Waals surface area contributed by atoms with E-state index < -0.39 is 22.9 Å². The predicted octanol–water partition coefficient (Wildman–Crippen LogP) is 1.15. The number of carbonyl (C=O) groups is 1. The Kier molecular flexibility index (Phi) is 4.25. The van der Waals surface area contributed by atoms with Gasteiger partial charge in [0.25, 0.3) is 0 Å². The van der Waals surface area contributed by atoms with Gasteiger partial charge in [0.1, 0.15) is 0 Å². The molecular formula is C7H13NO4. The highest BCUT2D eigenvalue weighted by molar-refractivity contribution is 5.69. The molecule has 0 amide bonds. The fraction of sp³-hybridized carbons (Fsp3) is 0.857. The van der Waals surface area contributed by atoms with Crippen molar-refractivity contribution in [2.45, 2.75) is 32.7 Å². The average Bonchev–Trinajstić information content (AvgIpc) is 1.98. The highest BCUT2D eigenvalue weighted by atomic mass is 16.6. The lowest BCUT2D eigenvalue weighted by atomic mass is 9.99. The molecule has 5 nitrogen and oxygen atoms in total. The van der Waals surface area contributed by atoms with Crippen LogP contribution in [0, 0.1) is 16.0 Å². The Bertz CT molecular complexity index is 180. The van der Waals surface area contributed by atoms with Crippen LogP contribution in [0.15, 0.2) is 0 Å². The van der Waals surface area contributed by atoms with Gasteiger partial charge in [-0.05, 0) is 6.42 Å². The minimum Gasteiger partial charge on any atom is -0.481 e. The molecule has 0 spiro atoms. The average molecular weight is 175 g/mol. The molecule has 5 heteroatoms. The summed E-state index contributed by atoms with van der Waals surface area (Å²) >= 11 is 0. The van der Waals surface area contributed by atoms with Crippen LogP contribution in [-0.4, -0.2) is 22.0 Å². The summed E-state index contributed by atoms with van der Waals surface area (Å²) in [6.45, 7) is 3.14. The van der Waals surface area contributed by atoms with Gasteiger partial charge in [0.15, 0.2) is 0 Å². The first kappa shape index (κ1) is 10.9. The molecule has 0 aromatic rings. The van der Waals surface area contributed by atoms with E-state index in [0.29, 0.717) is 6.42 Å². The van der Waals surface area contributed by atoms with Gasteiger partial charge in [0, 0.05) is 18.3 Å². The minimum absolute atomic E-state index is 0.110. The predicted molar refractivity (Wildman–Crippen MR) is 42.5 cm³/mol. The maximum atomic E-state index is 10.5. The first-order valence-corrected chi connectivity index (χ1v) is 3.85. The Morgan fingerprint density at radius 1 is 1.67 bits per heavy atom. The lowest BCUT2D eigenvalue weighted by Crippen LogP contribution is -2.23. The zero-order valence-corrected chi connectivity index (χ0v) is 7.19. The molecule has 0 aliphatic heterocycles. The second kappa shape index (κ2) is 4.69. The van der Waals surface area contributed by atoms with Crippen LogP contribution in [0.25, 0.3) is 0 Å². The maximum absolute atomic E-state index is 10.5. The summed E-state index contributed by atoms with van der Waals surface area (Å²) in [5.74, 6) is -1.54. The number of nitrogens with zero attached hydrogens (tertiary/aromatic N) is 1. The van der Waals surface area contributed by atoms with E-state index in [-0.39, 0.29) is 6.42 Å². The number of carboxylic acids is 1. The summed E-state index contributed by atoms with van der Waals surface area (Å²) in [4.78, 5) is 20.2. The number of hydrogen-bond acceptors (Lipinski definition) is 3. The monoisotopic (exact) mass is 175 g/mol. The molecular weight excluding hydrogens is 162 g/mol. The number of aliphatic carboxylic acids is 1. The summed E-state index contributed by atoms with van der Waals surface area (Å²) in [5.41, 5.74) is 0. The highest BCUT2D eigenvalue weighted by Crippen LogP contribution is 2.12. The van der Waals surface area contributed by atoms with Crippen LogP contribution in [0.4, 0.5) is 0 Å². The van der Waals surface area contributed by atoms with Gasteiger partial charge >= 0.3 is 5.97 Å². The smallest absolute Gasteiger partial charge is 0.306 e. The maximum Gasteiger partial charge on any atom is 0.306 e.